The van der Waals surface area contributed by atoms with Crippen LogP contribution in [-0.4, -0.2) is 22.8 Å². The number of imidazole rings is 1. The van der Waals surface area contributed by atoms with E-state index in [4.69, 9.17) is 10.5 Å². The number of ether oxygens (including phenoxy) is 1. The molecule has 1 aromatic heterocycles. The summed E-state index contributed by atoms with van der Waals surface area (Å²) in [5.41, 5.74) is 9.43. The fourth-order valence-corrected chi connectivity index (χ4v) is 2.98. The SMILES string of the molecule is COC1CCC(n2c(N)nc3cc(C)ccc32)C1. The van der Waals surface area contributed by atoms with Crippen molar-refractivity contribution < 1.29 is 4.74 Å². The van der Waals surface area contributed by atoms with E-state index in [9.17, 15) is 0 Å². The first-order valence-corrected chi connectivity index (χ1v) is 6.46. The molecule has 2 unspecified atom stereocenters. The molecule has 0 saturated heterocycles. The normalized spacial score (nSPS) is 23.9. The van der Waals surface area contributed by atoms with Gasteiger partial charge in [0.1, 0.15) is 0 Å². The van der Waals surface area contributed by atoms with Gasteiger partial charge in [-0.3, -0.25) is 0 Å². The van der Waals surface area contributed by atoms with Crippen molar-refractivity contribution in [3.63, 3.8) is 0 Å². The number of methoxy groups -OCH3 is 1. The Balaban J connectivity index is 2.04. The summed E-state index contributed by atoms with van der Waals surface area (Å²) >= 11 is 0. The molecule has 18 heavy (non-hydrogen) atoms. The van der Waals surface area contributed by atoms with Crippen LogP contribution in [0.5, 0.6) is 0 Å². The van der Waals surface area contributed by atoms with Crippen molar-refractivity contribution in [2.75, 3.05) is 12.8 Å². The average molecular weight is 245 g/mol. The van der Waals surface area contributed by atoms with Crippen LogP contribution in [0.2, 0.25) is 0 Å². The fraction of sp³-hybridized carbons (Fsp3) is 0.500. The molecule has 0 amide bonds. The van der Waals surface area contributed by atoms with Crippen molar-refractivity contribution in [1.82, 2.24) is 9.55 Å². The molecule has 4 nitrogen and oxygen atoms in total. The molecule has 1 aliphatic carbocycles. The molecule has 1 aliphatic rings. The largest absolute Gasteiger partial charge is 0.381 e. The molecule has 1 saturated carbocycles. The van der Waals surface area contributed by atoms with E-state index >= 15 is 0 Å². The third kappa shape index (κ3) is 1.77. The van der Waals surface area contributed by atoms with E-state index in [1.165, 1.54) is 5.56 Å². The first kappa shape index (κ1) is 11.5. The molecule has 4 heteroatoms. The Kier molecular flexibility index (Phi) is 2.74. The predicted octanol–water partition coefficient (Wildman–Crippen LogP) is 2.67. The summed E-state index contributed by atoms with van der Waals surface area (Å²) in [6.45, 7) is 2.07. The lowest BCUT2D eigenvalue weighted by Gasteiger charge is -2.15. The average Bonchev–Trinajstić information content (AvgIpc) is 2.91. The highest BCUT2D eigenvalue weighted by Crippen LogP contribution is 2.35. The van der Waals surface area contributed by atoms with Gasteiger partial charge in [-0.25, -0.2) is 4.98 Å². The topological polar surface area (TPSA) is 53.1 Å². The fourth-order valence-electron chi connectivity index (χ4n) is 2.98. The molecule has 1 fully saturated rings. The van der Waals surface area contributed by atoms with Crippen LogP contribution in [0, 0.1) is 6.92 Å². The van der Waals surface area contributed by atoms with E-state index < -0.39 is 0 Å². The van der Waals surface area contributed by atoms with Crippen LogP contribution in [0.4, 0.5) is 5.95 Å². The highest BCUT2D eigenvalue weighted by Gasteiger charge is 2.28. The van der Waals surface area contributed by atoms with Crippen LogP contribution in [0.3, 0.4) is 0 Å². The number of benzene rings is 1. The van der Waals surface area contributed by atoms with Gasteiger partial charge in [0.2, 0.25) is 5.95 Å². The Hall–Kier alpha value is -1.55. The standard InChI is InChI=1S/C14H19N3O/c1-9-3-6-13-12(7-9)16-14(15)17(13)10-4-5-11(8-10)18-2/h3,6-7,10-11H,4-5,8H2,1-2H3,(H2,15,16). The second kappa shape index (κ2) is 4.28. The Morgan fingerprint density at radius 1 is 1.39 bits per heavy atom. The smallest absolute Gasteiger partial charge is 0.201 e. The summed E-state index contributed by atoms with van der Waals surface area (Å²) in [6.07, 6.45) is 3.60. The first-order chi connectivity index (χ1) is 8.69. The molecular formula is C14H19N3O. The Labute approximate surface area is 107 Å². The minimum atomic E-state index is 0.359. The second-order valence-corrected chi connectivity index (χ2v) is 5.16. The lowest BCUT2D eigenvalue weighted by atomic mass is 10.2. The summed E-state index contributed by atoms with van der Waals surface area (Å²) < 4.78 is 7.61. The Morgan fingerprint density at radius 2 is 2.22 bits per heavy atom. The van der Waals surface area contributed by atoms with Gasteiger partial charge in [-0.15, -0.1) is 0 Å². The minimum Gasteiger partial charge on any atom is -0.381 e. The highest BCUT2D eigenvalue weighted by molar-refractivity contribution is 5.79. The summed E-state index contributed by atoms with van der Waals surface area (Å²) in [5.74, 6) is 0.623. The summed E-state index contributed by atoms with van der Waals surface area (Å²) in [7, 11) is 1.78. The van der Waals surface area contributed by atoms with Crippen LogP contribution in [0.25, 0.3) is 11.0 Å². The quantitative estimate of drug-likeness (QED) is 0.885. The van der Waals surface area contributed by atoms with Crippen molar-refractivity contribution in [3.05, 3.63) is 23.8 Å². The summed E-state index contributed by atoms with van der Waals surface area (Å²) in [5, 5.41) is 0. The molecule has 3 rings (SSSR count). The van der Waals surface area contributed by atoms with Gasteiger partial charge in [-0.1, -0.05) is 6.07 Å². The van der Waals surface area contributed by atoms with Crippen LogP contribution in [0.1, 0.15) is 30.9 Å². The molecular weight excluding hydrogens is 226 g/mol. The van der Waals surface area contributed by atoms with Gasteiger partial charge in [0.25, 0.3) is 0 Å². The Morgan fingerprint density at radius 3 is 2.94 bits per heavy atom. The number of fused-ring (bicyclic) bond motifs is 1. The van der Waals surface area contributed by atoms with Crippen LogP contribution < -0.4 is 5.73 Å². The van der Waals surface area contributed by atoms with E-state index in [1.54, 1.807) is 7.11 Å². The van der Waals surface area contributed by atoms with E-state index in [0.717, 1.165) is 30.3 Å². The number of hydrogen-bond acceptors (Lipinski definition) is 3. The van der Waals surface area contributed by atoms with Gasteiger partial charge in [-0.2, -0.15) is 0 Å². The van der Waals surface area contributed by atoms with Crippen molar-refractivity contribution in [2.45, 2.75) is 38.3 Å². The van der Waals surface area contributed by atoms with E-state index in [0.29, 0.717) is 18.1 Å². The molecule has 0 bridgehead atoms. The zero-order chi connectivity index (χ0) is 12.7. The van der Waals surface area contributed by atoms with Crippen molar-refractivity contribution in [3.8, 4) is 0 Å². The molecule has 2 aromatic rings. The maximum atomic E-state index is 6.08. The maximum absolute atomic E-state index is 6.08. The number of hydrogen-bond donors (Lipinski definition) is 1. The third-order valence-electron chi connectivity index (χ3n) is 3.93. The van der Waals surface area contributed by atoms with Gasteiger partial charge >= 0.3 is 0 Å². The second-order valence-electron chi connectivity index (χ2n) is 5.16. The van der Waals surface area contributed by atoms with Gasteiger partial charge in [0.15, 0.2) is 0 Å². The van der Waals surface area contributed by atoms with Crippen molar-refractivity contribution in [2.24, 2.45) is 0 Å². The number of nitrogen functional groups attached to an aromatic ring is 1. The van der Waals surface area contributed by atoms with Crippen LogP contribution >= 0.6 is 0 Å². The minimum absolute atomic E-state index is 0.359. The number of aryl methyl sites for hydroxylation is 1. The third-order valence-corrected chi connectivity index (χ3v) is 3.93. The lowest BCUT2D eigenvalue weighted by Crippen LogP contribution is -2.11. The van der Waals surface area contributed by atoms with Gasteiger partial charge in [0, 0.05) is 13.2 Å². The van der Waals surface area contributed by atoms with Crippen molar-refractivity contribution in [1.29, 1.82) is 0 Å². The number of nitrogens with two attached hydrogens (primary N) is 1. The highest BCUT2D eigenvalue weighted by atomic mass is 16.5. The van der Waals surface area contributed by atoms with Crippen molar-refractivity contribution >= 4 is 17.0 Å². The number of rotatable bonds is 2. The van der Waals surface area contributed by atoms with Gasteiger partial charge in [0.05, 0.1) is 17.1 Å². The molecule has 2 atom stereocenters. The molecule has 0 aliphatic heterocycles. The molecule has 1 heterocycles. The number of aromatic nitrogens is 2. The Bertz CT molecular complexity index is 576. The monoisotopic (exact) mass is 245 g/mol. The molecule has 96 valence electrons. The molecule has 0 radical (unpaired) electrons. The number of anilines is 1. The van der Waals surface area contributed by atoms with E-state index in [1.807, 2.05) is 0 Å². The summed E-state index contributed by atoms with van der Waals surface area (Å²) in [6, 6.07) is 6.74. The number of nitrogens with zero attached hydrogens (tertiary/aromatic N) is 2. The van der Waals surface area contributed by atoms with Gasteiger partial charge < -0.3 is 15.0 Å². The van der Waals surface area contributed by atoms with Crippen LogP contribution in [0.15, 0.2) is 18.2 Å². The van der Waals surface area contributed by atoms with Gasteiger partial charge in [-0.05, 0) is 43.9 Å². The summed E-state index contributed by atoms with van der Waals surface area (Å²) in [4.78, 5) is 4.47. The zero-order valence-corrected chi connectivity index (χ0v) is 10.9. The molecule has 0 spiro atoms. The first-order valence-electron chi connectivity index (χ1n) is 6.46. The maximum Gasteiger partial charge on any atom is 0.201 e. The molecule has 2 N–H and O–H groups in total. The lowest BCUT2D eigenvalue weighted by molar-refractivity contribution is 0.106. The van der Waals surface area contributed by atoms with E-state index in [-0.39, 0.29) is 0 Å². The molecule has 1 aromatic carbocycles. The van der Waals surface area contributed by atoms with Crippen LogP contribution in [-0.2, 0) is 4.74 Å². The zero-order valence-electron chi connectivity index (χ0n) is 10.9. The predicted molar refractivity (Wildman–Crippen MR) is 72.6 cm³/mol. The van der Waals surface area contributed by atoms with E-state index in [2.05, 4.69) is 34.7 Å².